The number of hydrogen-bond donors (Lipinski definition) is 4. The van der Waals surface area contributed by atoms with Gasteiger partial charge in [-0.2, -0.15) is 0 Å². The summed E-state index contributed by atoms with van der Waals surface area (Å²) in [7, 11) is 0. The first-order valence-electron chi connectivity index (χ1n) is 8.14. The van der Waals surface area contributed by atoms with Gasteiger partial charge in [0.1, 0.15) is 30.1 Å². The lowest BCUT2D eigenvalue weighted by molar-refractivity contribution is -0.244. The molecule has 0 spiro atoms. The lowest BCUT2D eigenvalue weighted by Crippen LogP contribution is -2.65. The van der Waals surface area contributed by atoms with Gasteiger partial charge in [-0.1, -0.05) is 28.1 Å². The van der Waals surface area contributed by atoms with Crippen LogP contribution in [0.15, 0.2) is 40.9 Å². The zero-order chi connectivity index (χ0) is 18.8. The molecule has 2 aromatic rings. The summed E-state index contributed by atoms with van der Waals surface area (Å²) in [6, 6.07) is 10.2. The molecule has 1 saturated heterocycles. The van der Waals surface area contributed by atoms with E-state index in [-0.39, 0.29) is 0 Å². The van der Waals surface area contributed by atoms with Crippen molar-refractivity contribution >= 4 is 32.6 Å². The Morgan fingerprint density at radius 1 is 1.19 bits per heavy atom. The molecule has 0 radical (unpaired) electrons. The van der Waals surface area contributed by atoms with E-state index < -0.39 is 43.2 Å². The Kier molecular flexibility index (Phi) is 5.79. The zero-order valence-electron chi connectivity index (χ0n) is 14.0. The summed E-state index contributed by atoms with van der Waals surface area (Å²) in [5.74, 6) is 0.0738. The van der Waals surface area contributed by atoms with Crippen LogP contribution in [-0.4, -0.2) is 58.5 Å². The first kappa shape index (κ1) is 19.1. The molecule has 7 nitrogen and oxygen atoms in total. The van der Waals surface area contributed by atoms with Crippen LogP contribution in [0.2, 0.25) is 0 Å². The first-order chi connectivity index (χ1) is 12.4. The third kappa shape index (κ3) is 3.99. The highest BCUT2D eigenvalue weighted by molar-refractivity contribution is 9.10. The quantitative estimate of drug-likeness (QED) is 0.580. The fraction of sp³-hybridized carbons (Fsp3) is 0.389. The molecule has 4 N–H and O–H groups in total. The minimum Gasteiger partial charge on any atom is -0.463 e. The second-order valence-electron chi connectivity index (χ2n) is 6.20. The van der Waals surface area contributed by atoms with Crippen molar-refractivity contribution in [2.75, 3.05) is 6.61 Å². The predicted octanol–water partition coefficient (Wildman–Crippen LogP) is 0.925. The van der Waals surface area contributed by atoms with Gasteiger partial charge in [-0.3, -0.25) is 4.79 Å². The number of aliphatic hydroxyl groups is 3. The lowest BCUT2D eigenvalue weighted by atomic mass is 9.97. The molecule has 0 aliphatic carbocycles. The average molecular weight is 426 g/mol. The summed E-state index contributed by atoms with van der Waals surface area (Å²) >= 11 is 3.42. The van der Waals surface area contributed by atoms with Crippen LogP contribution in [0.3, 0.4) is 0 Å². The topological polar surface area (TPSA) is 108 Å². The highest BCUT2D eigenvalue weighted by Crippen LogP contribution is 2.28. The molecular formula is C18H20BrNO6. The maximum atomic E-state index is 11.5. The van der Waals surface area contributed by atoms with E-state index in [1.165, 1.54) is 6.92 Å². The second kappa shape index (κ2) is 7.89. The van der Waals surface area contributed by atoms with Crippen molar-refractivity contribution in [3.8, 4) is 5.75 Å². The largest absolute Gasteiger partial charge is 0.463 e. The smallest absolute Gasteiger partial charge is 0.223 e. The van der Waals surface area contributed by atoms with Crippen molar-refractivity contribution in [1.29, 1.82) is 0 Å². The van der Waals surface area contributed by atoms with Crippen molar-refractivity contribution in [3.63, 3.8) is 0 Å². The van der Waals surface area contributed by atoms with E-state index in [1.54, 1.807) is 12.1 Å². The Hall–Kier alpha value is -1.71. The molecule has 3 rings (SSSR count). The Bertz CT molecular complexity index is 800. The minimum absolute atomic E-state index is 0.399. The van der Waals surface area contributed by atoms with Gasteiger partial charge in [0.15, 0.2) is 0 Å². The Labute approximate surface area is 158 Å². The first-order valence-corrected chi connectivity index (χ1v) is 8.94. The fourth-order valence-electron chi connectivity index (χ4n) is 2.97. The van der Waals surface area contributed by atoms with Gasteiger partial charge in [-0.25, -0.2) is 0 Å². The molecule has 0 bridgehead atoms. The van der Waals surface area contributed by atoms with Gasteiger partial charge in [0, 0.05) is 11.4 Å². The molecule has 1 amide bonds. The highest BCUT2D eigenvalue weighted by Gasteiger charge is 2.46. The van der Waals surface area contributed by atoms with Gasteiger partial charge in [-0.15, -0.1) is 0 Å². The van der Waals surface area contributed by atoms with Gasteiger partial charge >= 0.3 is 0 Å². The maximum absolute atomic E-state index is 11.5. The number of carbonyl (C=O) groups excluding carboxylic acids is 1. The van der Waals surface area contributed by atoms with E-state index >= 15 is 0 Å². The SMILES string of the molecule is CC(=O)N[C@H]1[C@H](Oc2ccc3cc(Br)ccc3c2)O[C@@H](CO)[C@@H](O)[C@H]1O. The van der Waals surface area contributed by atoms with Crippen LogP contribution in [0.25, 0.3) is 10.8 Å². The lowest BCUT2D eigenvalue weighted by Gasteiger charge is -2.42. The summed E-state index contributed by atoms with van der Waals surface area (Å²) in [6.07, 6.45) is -4.77. The average Bonchev–Trinajstić information content (AvgIpc) is 2.61. The predicted molar refractivity (Wildman–Crippen MR) is 97.6 cm³/mol. The van der Waals surface area contributed by atoms with E-state index in [9.17, 15) is 20.1 Å². The number of halogens is 1. The van der Waals surface area contributed by atoms with Gasteiger partial charge in [0.2, 0.25) is 12.2 Å². The Morgan fingerprint density at radius 2 is 1.88 bits per heavy atom. The van der Waals surface area contributed by atoms with Crippen molar-refractivity contribution in [3.05, 3.63) is 40.9 Å². The molecule has 0 unspecified atom stereocenters. The Morgan fingerprint density at radius 3 is 2.58 bits per heavy atom. The monoisotopic (exact) mass is 425 g/mol. The van der Waals surface area contributed by atoms with Crippen LogP contribution < -0.4 is 10.1 Å². The summed E-state index contributed by atoms with van der Waals surface area (Å²) in [5.41, 5.74) is 0. The third-order valence-corrected chi connectivity index (χ3v) is 4.77. The number of amides is 1. The molecule has 1 aliphatic rings. The molecule has 26 heavy (non-hydrogen) atoms. The number of fused-ring (bicyclic) bond motifs is 1. The number of rotatable bonds is 4. The fourth-order valence-corrected chi connectivity index (χ4v) is 3.35. The van der Waals surface area contributed by atoms with Crippen LogP contribution in [0, 0.1) is 0 Å². The standard InChI is InChI=1S/C18H20BrNO6/c1-9(22)20-15-17(24)16(23)14(8-21)26-18(15)25-13-5-3-10-6-12(19)4-2-11(10)7-13/h2-7,14-18,21,23-24H,8H2,1H3,(H,20,22)/t14-,15+,16+,17-,18+/m0/s1. The van der Waals surface area contributed by atoms with E-state index in [2.05, 4.69) is 21.2 Å². The van der Waals surface area contributed by atoms with Crippen LogP contribution in [-0.2, 0) is 9.53 Å². The van der Waals surface area contributed by atoms with Crippen molar-refractivity contribution < 1.29 is 29.6 Å². The summed E-state index contributed by atoms with van der Waals surface area (Å²) in [6.45, 7) is 0.804. The minimum atomic E-state index is -1.34. The highest BCUT2D eigenvalue weighted by atomic mass is 79.9. The third-order valence-electron chi connectivity index (χ3n) is 4.28. The molecular weight excluding hydrogens is 406 g/mol. The molecule has 0 saturated carbocycles. The van der Waals surface area contributed by atoms with E-state index in [1.807, 2.05) is 24.3 Å². The Balaban J connectivity index is 1.86. The second-order valence-corrected chi connectivity index (χ2v) is 7.12. The number of nitrogens with one attached hydrogen (secondary N) is 1. The van der Waals surface area contributed by atoms with Crippen molar-refractivity contribution in [2.45, 2.75) is 37.6 Å². The van der Waals surface area contributed by atoms with E-state index in [4.69, 9.17) is 9.47 Å². The normalized spacial score (nSPS) is 28.7. The zero-order valence-corrected chi connectivity index (χ0v) is 15.6. The van der Waals surface area contributed by atoms with E-state index in [0.717, 1.165) is 15.2 Å². The van der Waals surface area contributed by atoms with Crippen LogP contribution >= 0.6 is 15.9 Å². The molecule has 140 valence electrons. The number of benzene rings is 2. The van der Waals surface area contributed by atoms with Gasteiger partial charge in [0.25, 0.3) is 0 Å². The molecule has 8 heteroatoms. The van der Waals surface area contributed by atoms with Crippen molar-refractivity contribution in [2.24, 2.45) is 0 Å². The van der Waals surface area contributed by atoms with E-state index in [0.29, 0.717) is 5.75 Å². The molecule has 1 aliphatic heterocycles. The molecule has 1 fully saturated rings. The molecule has 5 atom stereocenters. The van der Waals surface area contributed by atoms with Gasteiger partial charge in [-0.05, 0) is 35.0 Å². The number of ether oxygens (including phenoxy) is 2. The van der Waals surface area contributed by atoms with Crippen LogP contribution in [0.5, 0.6) is 5.75 Å². The number of aliphatic hydroxyl groups excluding tert-OH is 3. The summed E-state index contributed by atoms with van der Waals surface area (Å²) in [4.78, 5) is 11.5. The summed E-state index contributed by atoms with van der Waals surface area (Å²) < 4.78 is 12.4. The van der Waals surface area contributed by atoms with Gasteiger partial charge in [0.05, 0.1) is 6.61 Å². The van der Waals surface area contributed by atoms with Crippen LogP contribution in [0.4, 0.5) is 0 Å². The maximum Gasteiger partial charge on any atom is 0.223 e. The van der Waals surface area contributed by atoms with Crippen LogP contribution in [0.1, 0.15) is 6.92 Å². The molecule has 1 heterocycles. The van der Waals surface area contributed by atoms with Gasteiger partial charge < -0.3 is 30.1 Å². The number of hydrogen-bond acceptors (Lipinski definition) is 6. The molecule has 0 aromatic heterocycles. The summed E-state index contributed by atoms with van der Waals surface area (Å²) in [5, 5.41) is 34.2. The van der Waals surface area contributed by atoms with Crippen molar-refractivity contribution in [1.82, 2.24) is 5.32 Å². The number of carbonyl (C=O) groups is 1. The molecule has 2 aromatic carbocycles.